The molecule has 0 atom stereocenters. The van der Waals surface area contributed by atoms with Gasteiger partial charge >= 0.3 is 0 Å². The van der Waals surface area contributed by atoms with Crippen LogP contribution in [0.15, 0.2) is 76.5 Å². The average molecular weight is 434 g/mol. The van der Waals surface area contributed by atoms with Gasteiger partial charge in [-0.05, 0) is 24.6 Å². The normalized spacial score (nSPS) is 10.9. The van der Waals surface area contributed by atoms with Crippen LogP contribution in [-0.2, 0) is 6.54 Å². The van der Waals surface area contributed by atoms with Gasteiger partial charge in [0.05, 0.1) is 23.5 Å². The predicted molar refractivity (Wildman–Crippen MR) is 116 cm³/mol. The number of thioether (sulfide) groups is 1. The van der Waals surface area contributed by atoms with Crippen molar-refractivity contribution in [1.82, 2.24) is 14.8 Å². The highest BCUT2D eigenvalue weighted by atomic mass is 32.2. The van der Waals surface area contributed by atoms with Crippen molar-refractivity contribution >= 4 is 23.2 Å². The van der Waals surface area contributed by atoms with Crippen LogP contribution in [0.1, 0.15) is 21.7 Å². The number of nitrogens with zero attached hydrogens (tertiary/aromatic N) is 4. The van der Waals surface area contributed by atoms with Gasteiger partial charge in [0, 0.05) is 23.3 Å². The minimum absolute atomic E-state index is 0.0746. The van der Waals surface area contributed by atoms with Crippen LogP contribution in [0.25, 0.3) is 11.4 Å². The van der Waals surface area contributed by atoms with Gasteiger partial charge in [0.2, 0.25) is 0 Å². The lowest BCUT2D eigenvalue weighted by Gasteiger charge is -2.10. The Bertz CT molecular complexity index is 1230. The summed E-state index contributed by atoms with van der Waals surface area (Å²) >= 11 is 1.24. The Morgan fingerprint density at radius 1 is 1.13 bits per heavy atom. The van der Waals surface area contributed by atoms with E-state index in [4.69, 9.17) is 4.42 Å². The predicted octanol–water partition coefficient (Wildman–Crippen LogP) is 4.78. The van der Waals surface area contributed by atoms with Crippen molar-refractivity contribution < 1.29 is 14.1 Å². The summed E-state index contributed by atoms with van der Waals surface area (Å²) < 4.78 is 7.41. The van der Waals surface area contributed by atoms with Gasteiger partial charge in [-0.25, -0.2) is 0 Å². The monoisotopic (exact) mass is 434 g/mol. The number of aromatic nitrogens is 3. The molecule has 0 unspecified atom stereocenters. The summed E-state index contributed by atoms with van der Waals surface area (Å²) in [6.45, 7) is 2.41. The first-order valence-electron chi connectivity index (χ1n) is 9.45. The first kappa shape index (κ1) is 20.5. The third-order valence-electron chi connectivity index (χ3n) is 4.71. The molecule has 4 aromatic rings. The van der Waals surface area contributed by atoms with E-state index in [1.165, 1.54) is 30.0 Å². The van der Waals surface area contributed by atoms with E-state index in [1.54, 1.807) is 12.3 Å². The number of Topliss-reactive ketones (excluding diaryl/α,β-unsaturated/α-hetero) is 1. The molecule has 156 valence electrons. The molecule has 0 spiro atoms. The van der Waals surface area contributed by atoms with Crippen LogP contribution in [0.2, 0.25) is 0 Å². The minimum Gasteiger partial charge on any atom is -0.467 e. The Balaban J connectivity index is 1.61. The van der Waals surface area contributed by atoms with Gasteiger partial charge in [-0.3, -0.25) is 19.5 Å². The Labute approximate surface area is 182 Å². The molecule has 2 aromatic carbocycles. The molecule has 2 aromatic heterocycles. The zero-order chi connectivity index (χ0) is 21.8. The van der Waals surface area contributed by atoms with Gasteiger partial charge in [-0.15, -0.1) is 10.2 Å². The molecule has 0 aliphatic heterocycles. The highest BCUT2D eigenvalue weighted by Crippen LogP contribution is 2.28. The number of ketones is 1. The maximum Gasteiger partial charge on any atom is 0.270 e. The van der Waals surface area contributed by atoms with E-state index < -0.39 is 4.92 Å². The molecule has 0 bridgehead atoms. The SMILES string of the molecule is Cc1ccccc1-c1nnc(SCC(=O)c2cccc([N+](=O)[O-])c2)n1Cc1ccco1. The third-order valence-corrected chi connectivity index (χ3v) is 5.67. The molecule has 0 N–H and O–H groups in total. The molecule has 4 rings (SSSR count). The van der Waals surface area contributed by atoms with Crippen molar-refractivity contribution in [3.05, 3.63) is 93.9 Å². The second kappa shape index (κ2) is 8.97. The lowest BCUT2D eigenvalue weighted by Crippen LogP contribution is -2.07. The number of hydrogen-bond acceptors (Lipinski definition) is 7. The van der Waals surface area contributed by atoms with Crippen LogP contribution in [0.3, 0.4) is 0 Å². The van der Waals surface area contributed by atoms with Crippen LogP contribution in [0, 0.1) is 17.0 Å². The zero-order valence-corrected chi connectivity index (χ0v) is 17.4. The molecule has 0 fully saturated rings. The van der Waals surface area contributed by atoms with E-state index in [9.17, 15) is 14.9 Å². The third kappa shape index (κ3) is 4.56. The summed E-state index contributed by atoms with van der Waals surface area (Å²) in [4.78, 5) is 23.1. The number of hydrogen-bond donors (Lipinski definition) is 0. The van der Waals surface area contributed by atoms with Crippen LogP contribution >= 0.6 is 11.8 Å². The summed E-state index contributed by atoms with van der Waals surface area (Å²) in [5.41, 5.74) is 2.18. The number of benzene rings is 2. The number of rotatable bonds is 8. The smallest absolute Gasteiger partial charge is 0.270 e. The van der Waals surface area contributed by atoms with Gasteiger partial charge in [-0.2, -0.15) is 0 Å². The number of carbonyl (C=O) groups excluding carboxylic acids is 1. The molecule has 31 heavy (non-hydrogen) atoms. The minimum atomic E-state index is -0.515. The van der Waals surface area contributed by atoms with Crippen molar-refractivity contribution in [2.24, 2.45) is 0 Å². The molecule has 0 aliphatic carbocycles. The van der Waals surface area contributed by atoms with Crippen LogP contribution in [0.4, 0.5) is 5.69 Å². The standard InChI is InChI=1S/C22H18N4O4S/c1-15-6-2-3-10-19(15)21-23-24-22(25(21)13-18-9-5-11-30-18)31-14-20(27)16-7-4-8-17(12-16)26(28)29/h2-12H,13-14H2,1H3. The van der Waals surface area contributed by atoms with Crippen molar-refractivity contribution in [3.8, 4) is 11.4 Å². The second-order valence-electron chi connectivity index (χ2n) is 6.81. The van der Waals surface area contributed by atoms with E-state index >= 15 is 0 Å². The largest absolute Gasteiger partial charge is 0.467 e. The molecular formula is C22H18N4O4S. The van der Waals surface area contributed by atoms with E-state index in [0.29, 0.717) is 17.5 Å². The summed E-state index contributed by atoms with van der Waals surface area (Å²) in [5, 5.41) is 20.2. The molecule has 0 saturated heterocycles. The van der Waals surface area contributed by atoms with Gasteiger partial charge in [0.1, 0.15) is 5.76 Å². The van der Waals surface area contributed by atoms with Crippen LogP contribution in [0.5, 0.6) is 0 Å². The molecule has 0 saturated carbocycles. The molecule has 0 aliphatic rings. The van der Waals surface area contributed by atoms with Crippen molar-refractivity contribution in [2.45, 2.75) is 18.6 Å². The van der Waals surface area contributed by atoms with Crippen LogP contribution < -0.4 is 0 Å². The number of carbonyl (C=O) groups is 1. The molecule has 2 heterocycles. The summed E-state index contributed by atoms with van der Waals surface area (Å²) in [6, 6.07) is 17.3. The van der Waals surface area contributed by atoms with Gasteiger partial charge in [-0.1, -0.05) is 48.2 Å². The van der Waals surface area contributed by atoms with Gasteiger partial charge in [0.15, 0.2) is 16.8 Å². The molecule has 8 nitrogen and oxygen atoms in total. The van der Waals surface area contributed by atoms with E-state index in [0.717, 1.165) is 16.9 Å². The van der Waals surface area contributed by atoms with E-state index in [-0.39, 0.29) is 22.8 Å². The second-order valence-corrected chi connectivity index (χ2v) is 7.75. The topological polar surface area (TPSA) is 104 Å². The summed E-state index contributed by atoms with van der Waals surface area (Å²) in [7, 11) is 0. The van der Waals surface area contributed by atoms with Crippen molar-refractivity contribution in [1.29, 1.82) is 0 Å². The maximum atomic E-state index is 12.6. The Morgan fingerprint density at radius 2 is 1.97 bits per heavy atom. The molecule has 9 heteroatoms. The fourth-order valence-corrected chi connectivity index (χ4v) is 3.96. The molecule has 0 amide bonds. The average Bonchev–Trinajstić information content (AvgIpc) is 3.43. The first-order valence-corrected chi connectivity index (χ1v) is 10.4. The quantitative estimate of drug-likeness (QED) is 0.170. The fourth-order valence-electron chi connectivity index (χ4n) is 3.13. The van der Waals surface area contributed by atoms with Crippen molar-refractivity contribution in [3.63, 3.8) is 0 Å². The van der Waals surface area contributed by atoms with E-state index in [1.807, 2.05) is 47.9 Å². The zero-order valence-electron chi connectivity index (χ0n) is 16.6. The summed E-state index contributed by atoms with van der Waals surface area (Å²) in [6.07, 6.45) is 1.60. The van der Waals surface area contributed by atoms with Gasteiger partial charge in [0.25, 0.3) is 5.69 Å². The lowest BCUT2D eigenvalue weighted by molar-refractivity contribution is -0.384. The molecule has 0 radical (unpaired) electrons. The number of nitro groups is 1. The van der Waals surface area contributed by atoms with Gasteiger partial charge < -0.3 is 4.42 Å². The number of nitro benzene ring substituents is 1. The number of furan rings is 1. The molecular weight excluding hydrogens is 416 g/mol. The highest BCUT2D eigenvalue weighted by molar-refractivity contribution is 7.99. The Morgan fingerprint density at radius 3 is 2.71 bits per heavy atom. The lowest BCUT2D eigenvalue weighted by atomic mass is 10.1. The fraction of sp³-hybridized carbons (Fsp3) is 0.136. The van der Waals surface area contributed by atoms with E-state index in [2.05, 4.69) is 10.2 Å². The first-order chi connectivity index (χ1) is 15.0. The number of aryl methyl sites for hydroxylation is 1. The van der Waals surface area contributed by atoms with Crippen molar-refractivity contribution in [2.75, 3.05) is 5.75 Å². The maximum absolute atomic E-state index is 12.6. The summed E-state index contributed by atoms with van der Waals surface area (Å²) in [5.74, 6) is 1.27. The number of non-ortho nitro benzene ring substituents is 1. The Kier molecular flexibility index (Phi) is 5.94. The Hall–Kier alpha value is -3.72. The van der Waals surface area contributed by atoms with Crippen LogP contribution in [-0.4, -0.2) is 31.2 Å². The highest BCUT2D eigenvalue weighted by Gasteiger charge is 2.19.